The van der Waals surface area contributed by atoms with E-state index < -0.39 is 6.03 Å². The molecule has 0 aliphatic heterocycles. The van der Waals surface area contributed by atoms with Crippen LogP contribution in [0.25, 0.3) is 33.3 Å². The van der Waals surface area contributed by atoms with E-state index in [0.29, 0.717) is 40.6 Å². The number of amides is 2. The van der Waals surface area contributed by atoms with Crippen LogP contribution in [0.4, 0.5) is 16.2 Å². The van der Waals surface area contributed by atoms with Gasteiger partial charge in [-0.1, -0.05) is 47.5 Å². The van der Waals surface area contributed by atoms with Crippen molar-refractivity contribution in [1.82, 2.24) is 10.4 Å². The van der Waals surface area contributed by atoms with Crippen LogP contribution in [0.2, 0.25) is 10.0 Å². The monoisotopic (exact) mass is 561 g/mol. The second kappa shape index (κ2) is 12.0. The lowest BCUT2D eigenvalue weighted by Gasteiger charge is -2.27. The van der Waals surface area contributed by atoms with Crippen molar-refractivity contribution in [2.75, 3.05) is 35.1 Å². The molecular formula is C26H23Cl4N5O. The Bertz CT molecular complexity index is 1390. The minimum absolute atomic E-state index is 0.428. The number of carbonyl (C=O) groups excluding carboxylic acids is 1. The third-order valence-corrected chi connectivity index (χ3v) is 6.73. The third-order valence-electron chi connectivity index (χ3n) is 5.66. The number of hydrogen-bond acceptors (Lipinski definition) is 4. The maximum Gasteiger partial charge on any atom is 0.333 e. The molecule has 4 rings (SSSR count). The molecule has 3 aromatic carbocycles. The van der Waals surface area contributed by atoms with Gasteiger partial charge in [0.15, 0.2) is 0 Å². The van der Waals surface area contributed by atoms with Crippen molar-refractivity contribution in [3.05, 3.63) is 76.8 Å². The van der Waals surface area contributed by atoms with Gasteiger partial charge in [-0.25, -0.2) is 15.6 Å². The summed E-state index contributed by atoms with van der Waals surface area (Å²) in [5, 5.41) is 4.61. The normalized spacial score (nSPS) is 10.9. The minimum atomic E-state index is -0.525. The van der Waals surface area contributed by atoms with Crippen LogP contribution in [0.5, 0.6) is 0 Å². The van der Waals surface area contributed by atoms with Gasteiger partial charge in [0, 0.05) is 52.7 Å². The van der Waals surface area contributed by atoms with Gasteiger partial charge >= 0.3 is 6.03 Å². The van der Waals surface area contributed by atoms with Gasteiger partial charge < -0.3 is 10.2 Å². The fraction of sp³-hybridized carbons (Fsp3) is 0.154. The Kier molecular flexibility index (Phi) is 8.77. The molecular weight excluding hydrogens is 540 g/mol. The van der Waals surface area contributed by atoms with Crippen LogP contribution in [-0.2, 0) is 0 Å². The number of aromatic nitrogens is 1. The Morgan fingerprint density at radius 2 is 1.64 bits per heavy atom. The lowest BCUT2D eigenvalue weighted by atomic mass is 9.96. The molecule has 10 heteroatoms. The number of carbonyl (C=O) groups is 1. The number of fused-ring (bicyclic) bond motifs is 1. The molecule has 36 heavy (non-hydrogen) atoms. The number of alkyl halides is 2. The summed E-state index contributed by atoms with van der Waals surface area (Å²) in [6.45, 7) is 1.19. The zero-order chi connectivity index (χ0) is 25.7. The van der Waals surface area contributed by atoms with Crippen LogP contribution < -0.4 is 21.5 Å². The first-order valence-electron chi connectivity index (χ1n) is 11.1. The highest BCUT2D eigenvalue weighted by atomic mass is 35.5. The number of nitrogens with one attached hydrogen (secondary N) is 2. The zero-order valence-electron chi connectivity index (χ0n) is 19.1. The first-order chi connectivity index (χ1) is 17.4. The third kappa shape index (κ3) is 5.80. The van der Waals surface area contributed by atoms with Crippen molar-refractivity contribution >= 4 is 74.7 Å². The van der Waals surface area contributed by atoms with Gasteiger partial charge in [0.25, 0.3) is 0 Å². The van der Waals surface area contributed by atoms with Crippen molar-refractivity contribution in [2.45, 2.75) is 0 Å². The first kappa shape index (κ1) is 26.3. The summed E-state index contributed by atoms with van der Waals surface area (Å²) in [6.07, 6.45) is 0. The minimum Gasteiger partial charge on any atom is -0.369 e. The SMILES string of the molecule is NNC(=O)Nc1ccc(N(CCCl)CCCl)c(-c2cc(-c3ccc(Cl)c(Cl)c3)nc3ccccc23)c1. The smallest absolute Gasteiger partial charge is 0.333 e. The Morgan fingerprint density at radius 1 is 0.889 bits per heavy atom. The fourth-order valence-electron chi connectivity index (χ4n) is 4.03. The van der Waals surface area contributed by atoms with Gasteiger partial charge in [-0.15, -0.1) is 23.2 Å². The second-order valence-electron chi connectivity index (χ2n) is 7.90. The summed E-state index contributed by atoms with van der Waals surface area (Å²) in [5.41, 5.74) is 7.75. The van der Waals surface area contributed by atoms with E-state index in [4.69, 9.17) is 57.2 Å². The molecule has 2 amide bonds. The molecule has 0 unspecified atom stereocenters. The standard InChI is InChI=1S/C26H23Cl4N5O/c27-9-11-35(12-10-28)25-8-6-17(32-26(36)34-31)14-20(25)19-15-24(16-5-7-21(29)22(30)13-16)33-23-4-2-1-3-18(19)23/h1-8,13-15H,9-12,31H2,(H2,32,34,36). The molecule has 6 nitrogen and oxygen atoms in total. The van der Waals surface area contributed by atoms with Crippen LogP contribution in [0.3, 0.4) is 0 Å². The molecule has 0 fully saturated rings. The number of anilines is 2. The number of halogens is 4. The number of hydrazine groups is 1. The summed E-state index contributed by atoms with van der Waals surface area (Å²) in [7, 11) is 0. The number of urea groups is 1. The maximum absolute atomic E-state index is 11.9. The van der Waals surface area contributed by atoms with Gasteiger partial charge in [0.1, 0.15) is 0 Å². The summed E-state index contributed by atoms with van der Waals surface area (Å²) >= 11 is 24.7. The number of nitrogens with two attached hydrogens (primary N) is 1. The maximum atomic E-state index is 11.9. The fourth-order valence-corrected chi connectivity index (χ4v) is 4.74. The summed E-state index contributed by atoms with van der Waals surface area (Å²) in [5.74, 6) is 6.14. The highest BCUT2D eigenvalue weighted by molar-refractivity contribution is 6.42. The van der Waals surface area contributed by atoms with Gasteiger partial charge in [0.2, 0.25) is 0 Å². The lowest BCUT2D eigenvalue weighted by molar-refractivity contribution is 0.252. The Balaban J connectivity index is 1.99. The molecule has 0 spiro atoms. The van der Waals surface area contributed by atoms with Crippen LogP contribution in [-0.4, -0.2) is 35.9 Å². The Labute approximate surface area is 229 Å². The molecule has 0 atom stereocenters. The van der Waals surface area contributed by atoms with Crippen molar-refractivity contribution in [2.24, 2.45) is 5.84 Å². The molecule has 4 N–H and O–H groups in total. The van der Waals surface area contributed by atoms with Gasteiger partial charge in [-0.2, -0.15) is 0 Å². The van der Waals surface area contributed by atoms with Gasteiger partial charge in [-0.05, 0) is 48.0 Å². The van der Waals surface area contributed by atoms with E-state index in [0.717, 1.165) is 39.0 Å². The van der Waals surface area contributed by atoms with E-state index in [-0.39, 0.29) is 0 Å². The largest absolute Gasteiger partial charge is 0.369 e. The molecule has 0 saturated carbocycles. The topological polar surface area (TPSA) is 83.3 Å². The lowest BCUT2D eigenvalue weighted by Crippen LogP contribution is -2.34. The zero-order valence-corrected chi connectivity index (χ0v) is 22.1. The molecule has 0 aliphatic carbocycles. The predicted octanol–water partition coefficient (Wildman–Crippen LogP) is 7.15. The molecule has 4 aromatic rings. The molecule has 1 heterocycles. The predicted molar refractivity (Wildman–Crippen MR) is 153 cm³/mol. The van der Waals surface area contributed by atoms with E-state index in [1.807, 2.05) is 54.6 Å². The van der Waals surface area contributed by atoms with Crippen molar-refractivity contribution < 1.29 is 4.79 Å². The van der Waals surface area contributed by atoms with Gasteiger partial charge in [0.05, 0.1) is 21.3 Å². The van der Waals surface area contributed by atoms with Crippen molar-refractivity contribution in [3.63, 3.8) is 0 Å². The number of para-hydroxylation sites is 1. The van der Waals surface area contributed by atoms with Crippen LogP contribution >= 0.6 is 46.4 Å². The van der Waals surface area contributed by atoms with Crippen molar-refractivity contribution in [1.29, 1.82) is 0 Å². The quantitative estimate of drug-likeness (QED) is 0.0920. The summed E-state index contributed by atoms with van der Waals surface area (Å²) in [6, 6.07) is 20.4. The second-order valence-corrected chi connectivity index (χ2v) is 9.47. The molecule has 0 saturated heterocycles. The Hall–Kier alpha value is -2.74. The van der Waals surface area contributed by atoms with E-state index in [1.165, 1.54) is 0 Å². The van der Waals surface area contributed by atoms with Crippen LogP contribution in [0, 0.1) is 0 Å². The average molecular weight is 563 g/mol. The molecule has 0 aliphatic rings. The van der Waals surface area contributed by atoms with Gasteiger partial charge in [-0.3, -0.25) is 5.43 Å². The number of rotatable bonds is 8. The van der Waals surface area contributed by atoms with E-state index in [2.05, 4.69) is 15.6 Å². The number of nitrogens with zero attached hydrogens (tertiary/aromatic N) is 2. The summed E-state index contributed by atoms with van der Waals surface area (Å²) in [4.78, 5) is 18.9. The van der Waals surface area contributed by atoms with Crippen molar-refractivity contribution in [3.8, 4) is 22.4 Å². The number of hydrogen-bond donors (Lipinski definition) is 3. The van der Waals surface area contributed by atoms with E-state index in [1.54, 1.807) is 12.1 Å². The van der Waals surface area contributed by atoms with Crippen LogP contribution in [0.15, 0.2) is 66.7 Å². The first-order valence-corrected chi connectivity index (χ1v) is 12.9. The molecule has 186 valence electrons. The summed E-state index contributed by atoms with van der Waals surface area (Å²) < 4.78 is 0. The Morgan fingerprint density at radius 3 is 2.33 bits per heavy atom. The highest BCUT2D eigenvalue weighted by Gasteiger charge is 2.18. The van der Waals surface area contributed by atoms with E-state index in [9.17, 15) is 4.79 Å². The van der Waals surface area contributed by atoms with Crippen LogP contribution in [0.1, 0.15) is 0 Å². The molecule has 1 aromatic heterocycles. The highest BCUT2D eigenvalue weighted by Crippen LogP contribution is 2.40. The van der Waals surface area contributed by atoms with E-state index >= 15 is 0 Å². The molecule has 0 bridgehead atoms. The number of pyridine rings is 1. The number of benzene rings is 3. The average Bonchev–Trinajstić information content (AvgIpc) is 2.89. The molecule has 0 radical (unpaired) electrons.